The summed E-state index contributed by atoms with van der Waals surface area (Å²) in [6.45, 7) is 6.01. The van der Waals surface area contributed by atoms with Crippen LogP contribution in [0, 0.1) is 0 Å². The standard InChI is InChI=1S/C14H17N3O2/c1-4-10-6-5-7-11(8-10)17-13(9(2)3)15-12(16-17)14(18)19/h5-9H,4H2,1-3H3,(H,18,19). The van der Waals surface area contributed by atoms with Crippen LogP contribution in [-0.2, 0) is 6.42 Å². The van der Waals surface area contributed by atoms with E-state index in [1.54, 1.807) is 4.68 Å². The molecule has 1 N–H and O–H groups in total. The Labute approximate surface area is 111 Å². The molecule has 19 heavy (non-hydrogen) atoms. The van der Waals surface area contributed by atoms with Gasteiger partial charge in [-0.2, -0.15) is 0 Å². The molecule has 0 aliphatic carbocycles. The van der Waals surface area contributed by atoms with Crippen LogP contribution in [0.25, 0.3) is 5.69 Å². The topological polar surface area (TPSA) is 68.0 Å². The Balaban J connectivity index is 2.56. The molecule has 2 aromatic rings. The number of rotatable bonds is 4. The summed E-state index contributed by atoms with van der Waals surface area (Å²) in [5.41, 5.74) is 2.03. The molecule has 0 aliphatic heterocycles. The summed E-state index contributed by atoms with van der Waals surface area (Å²) in [7, 11) is 0. The summed E-state index contributed by atoms with van der Waals surface area (Å²) in [5, 5.41) is 13.1. The summed E-state index contributed by atoms with van der Waals surface area (Å²) in [6.07, 6.45) is 0.922. The number of carboxylic acids is 1. The van der Waals surface area contributed by atoms with Crippen molar-refractivity contribution >= 4 is 5.97 Å². The van der Waals surface area contributed by atoms with Gasteiger partial charge in [0.1, 0.15) is 5.82 Å². The Morgan fingerprint density at radius 2 is 2.16 bits per heavy atom. The maximum absolute atomic E-state index is 11.0. The van der Waals surface area contributed by atoms with Crippen LogP contribution in [0.5, 0.6) is 0 Å². The Kier molecular flexibility index (Phi) is 3.64. The highest BCUT2D eigenvalue weighted by Gasteiger charge is 2.18. The second-order valence-corrected chi connectivity index (χ2v) is 4.69. The van der Waals surface area contributed by atoms with Gasteiger partial charge < -0.3 is 5.11 Å². The van der Waals surface area contributed by atoms with Gasteiger partial charge in [-0.1, -0.05) is 32.9 Å². The van der Waals surface area contributed by atoms with Crippen LogP contribution < -0.4 is 0 Å². The third kappa shape index (κ3) is 2.65. The Morgan fingerprint density at radius 1 is 1.42 bits per heavy atom. The largest absolute Gasteiger partial charge is 0.475 e. The van der Waals surface area contributed by atoms with E-state index in [0.717, 1.165) is 12.1 Å². The second-order valence-electron chi connectivity index (χ2n) is 4.69. The molecule has 0 saturated carbocycles. The van der Waals surface area contributed by atoms with Gasteiger partial charge in [0.05, 0.1) is 5.69 Å². The van der Waals surface area contributed by atoms with Crippen molar-refractivity contribution in [2.75, 3.05) is 0 Å². The van der Waals surface area contributed by atoms with Crippen molar-refractivity contribution in [3.05, 3.63) is 41.5 Å². The lowest BCUT2D eigenvalue weighted by atomic mass is 10.1. The molecule has 1 aromatic heterocycles. The third-order valence-electron chi connectivity index (χ3n) is 2.90. The van der Waals surface area contributed by atoms with Gasteiger partial charge in [0.15, 0.2) is 0 Å². The first-order valence-electron chi connectivity index (χ1n) is 6.32. The van der Waals surface area contributed by atoms with Crippen molar-refractivity contribution in [3.63, 3.8) is 0 Å². The average molecular weight is 259 g/mol. The zero-order valence-electron chi connectivity index (χ0n) is 11.3. The summed E-state index contributed by atoms with van der Waals surface area (Å²) in [5.74, 6) is -0.505. The first-order chi connectivity index (χ1) is 9.02. The normalized spacial score (nSPS) is 10.9. The van der Waals surface area contributed by atoms with Gasteiger partial charge in [-0.15, -0.1) is 5.10 Å². The lowest BCUT2D eigenvalue weighted by molar-refractivity contribution is 0.0683. The van der Waals surface area contributed by atoms with Gasteiger partial charge in [-0.3, -0.25) is 0 Å². The van der Waals surface area contributed by atoms with Gasteiger partial charge in [-0.25, -0.2) is 14.5 Å². The second kappa shape index (κ2) is 5.22. The molecule has 0 bridgehead atoms. The van der Waals surface area contributed by atoms with Crippen LogP contribution in [0.4, 0.5) is 0 Å². The highest BCUT2D eigenvalue weighted by molar-refractivity contribution is 5.83. The molecule has 0 unspecified atom stereocenters. The van der Waals surface area contributed by atoms with Crippen LogP contribution >= 0.6 is 0 Å². The Morgan fingerprint density at radius 3 is 2.74 bits per heavy atom. The first-order valence-corrected chi connectivity index (χ1v) is 6.32. The number of carbonyl (C=O) groups is 1. The SMILES string of the molecule is CCc1cccc(-n2nc(C(=O)O)nc2C(C)C)c1. The number of hydrogen-bond donors (Lipinski definition) is 1. The minimum absolute atomic E-state index is 0.103. The van der Waals surface area contributed by atoms with Crippen LogP contribution in [0.1, 0.15) is 48.7 Å². The van der Waals surface area contributed by atoms with Crippen molar-refractivity contribution < 1.29 is 9.90 Å². The van der Waals surface area contributed by atoms with Gasteiger partial charge in [0, 0.05) is 5.92 Å². The molecule has 0 spiro atoms. The zero-order valence-corrected chi connectivity index (χ0v) is 11.3. The van der Waals surface area contributed by atoms with E-state index in [4.69, 9.17) is 5.11 Å². The quantitative estimate of drug-likeness (QED) is 0.916. The predicted octanol–water partition coefficient (Wildman–Crippen LogP) is 2.65. The van der Waals surface area contributed by atoms with Crippen molar-refractivity contribution in [1.82, 2.24) is 14.8 Å². The van der Waals surface area contributed by atoms with Crippen LogP contribution in [0.3, 0.4) is 0 Å². The van der Waals surface area contributed by atoms with Crippen LogP contribution in [-0.4, -0.2) is 25.8 Å². The minimum atomic E-state index is -1.10. The van der Waals surface area contributed by atoms with E-state index in [-0.39, 0.29) is 11.7 Å². The lowest BCUT2D eigenvalue weighted by Crippen LogP contribution is -2.05. The van der Waals surface area contributed by atoms with E-state index in [2.05, 4.69) is 17.0 Å². The van der Waals surface area contributed by atoms with E-state index in [9.17, 15) is 4.79 Å². The van der Waals surface area contributed by atoms with Crippen molar-refractivity contribution in [2.45, 2.75) is 33.1 Å². The van der Waals surface area contributed by atoms with E-state index in [1.165, 1.54) is 5.56 Å². The van der Waals surface area contributed by atoms with Gasteiger partial charge in [0.2, 0.25) is 0 Å². The Bertz CT molecular complexity index is 602. The van der Waals surface area contributed by atoms with Crippen LogP contribution in [0.15, 0.2) is 24.3 Å². The third-order valence-corrected chi connectivity index (χ3v) is 2.90. The number of aromatic nitrogens is 3. The molecular weight excluding hydrogens is 242 g/mol. The van der Waals surface area contributed by atoms with Crippen molar-refractivity contribution in [3.8, 4) is 5.69 Å². The van der Waals surface area contributed by atoms with Gasteiger partial charge >= 0.3 is 5.97 Å². The molecule has 1 aromatic carbocycles. The zero-order chi connectivity index (χ0) is 14.0. The van der Waals surface area contributed by atoms with E-state index >= 15 is 0 Å². The number of aryl methyl sites for hydroxylation is 1. The van der Waals surface area contributed by atoms with Crippen LogP contribution in [0.2, 0.25) is 0 Å². The molecule has 0 atom stereocenters. The predicted molar refractivity (Wildman–Crippen MR) is 71.8 cm³/mol. The lowest BCUT2D eigenvalue weighted by Gasteiger charge is -2.09. The number of carboxylic acid groups (broad SMARTS) is 1. The minimum Gasteiger partial charge on any atom is -0.475 e. The highest BCUT2D eigenvalue weighted by Crippen LogP contribution is 2.18. The molecule has 0 saturated heterocycles. The number of benzene rings is 1. The molecule has 5 heteroatoms. The molecule has 5 nitrogen and oxygen atoms in total. The molecule has 0 radical (unpaired) electrons. The summed E-state index contributed by atoms with van der Waals surface area (Å²) < 4.78 is 1.62. The van der Waals surface area contributed by atoms with Crippen molar-refractivity contribution in [2.24, 2.45) is 0 Å². The fourth-order valence-electron chi connectivity index (χ4n) is 1.89. The monoisotopic (exact) mass is 259 g/mol. The van der Waals surface area contributed by atoms with Gasteiger partial charge in [0.25, 0.3) is 5.82 Å². The maximum Gasteiger partial charge on any atom is 0.375 e. The Hall–Kier alpha value is -2.17. The average Bonchev–Trinajstić information content (AvgIpc) is 2.84. The molecular formula is C14H17N3O2. The number of nitrogens with zero attached hydrogens (tertiary/aromatic N) is 3. The van der Waals surface area contributed by atoms with Gasteiger partial charge in [-0.05, 0) is 24.1 Å². The first kappa shape index (κ1) is 13.3. The fraction of sp³-hybridized carbons (Fsp3) is 0.357. The van der Waals surface area contributed by atoms with E-state index < -0.39 is 5.97 Å². The fourth-order valence-corrected chi connectivity index (χ4v) is 1.89. The summed E-state index contributed by atoms with van der Waals surface area (Å²) >= 11 is 0. The molecule has 1 heterocycles. The molecule has 100 valence electrons. The number of aromatic carboxylic acids is 1. The molecule has 2 rings (SSSR count). The van der Waals surface area contributed by atoms with Crippen molar-refractivity contribution in [1.29, 1.82) is 0 Å². The molecule has 0 amide bonds. The molecule has 0 fully saturated rings. The highest BCUT2D eigenvalue weighted by atomic mass is 16.4. The van der Waals surface area contributed by atoms with E-state index in [0.29, 0.717) is 5.82 Å². The van der Waals surface area contributed by atoms with E-state index in [1.807, 2.05) is 38.1 Å². The smallest absolute Gasteiger partial charge is 0.375 e. The molecule has 0 aliphatic rings. The summed E-state index contributed by atoms with van der Waals surface area (Å²) in [6, 6.07) is 7.89. The number of hydrogen-bond acceptors (Lipinski definition) is 3. The maximum atomic E-state index is 11.0. The summed E-state index contributed by atoms with van der Waals surface area (Å²) in [4.78, 5) is 15.1.